The molecule has 0 heterocycles. The molecule has 0 aromatic rings. The second-order valence-electron chi connectivity index (χ2n) is 10.2. The van der Waals surface area contributed by atoms with Crippen LogP contribution in [0.5, 0.6) is 0 Å². The van der Waals surface area contributed by atoms with Crippen LogP contribution in [0.1, 0.15) is 130 Å². The first-order valence-corrected chi connectivity index (χ1v) is 15.0. The Kier molecular flexibility index (Phi) is 24.6. The maximum Gasteiger partial charge on any atom is 0.305 e. The van der Waals surface area contributed by atoms with E-state index in [4.69, 9.17) is 23.7 Å². The molecule has 2 unspecified atom stereocenters. The van der Waals surface area contributed by atoms with Crippen molar-refractivity contribution in [2.45, 2.75) is 143 Å². The van der Waals surface area contributed by atoms with Crippen molar-refractivity contribution < 1.29 is 42.9 Å². The van der Waals surface area contributed by atoms with Crippen molar-refractivity contribution in [3.8, 4) is 0 Å². The molecule has 0 aliphatic rings. The molecule has 2 atom stereocenters. The van der Waals surface area contributed by atoms with E-state index in [0.717, 1.165) is 19.3 Å². The summed E-state index contributed by atoms with van der Waals surface area (Å²) in [5, 5.41) is 0. The number of hydrogen-bond donors (Lipinski definition) is 0. The smallest absolute Gasteiger partial charge is 0.305 e. The largest absolute Gasteiger partial charge is 0.463 e. The summed E-state index contributed by atoms with van der Waals surface area (Å²) in [5.74, 6) is -1.90. The zero-order valence-corrected chi connectivity index (χ0v) is 25.0. The van der Waals surface area contributed by atoms with Crippen LogP contribution in [0.2, 0.25) is 0 Å². The van der Waals surface area contributed by atoms with E-state index >= 15 is 0 Å². The minimum atomic E-state index is -0.831. The van der Waals surface area contributed by atoms with Gasteiger partial charge >= 0.3 is 23.9 Å². The van der Waals surface area contributed by atoms with Crippen LogP contribution in [0, 0.1) is 0 Å². The van der Waals surface area contributed by atoms with Crippen molar-refractivity contribution in [1.29, 1.82) is 0 Å². The molecule has 9 heteroatoms. The van der Waals surface area contributed by atoms with Crippen LogP contribution in [0.25, 0.3) is 0 Å². The minimum absolute atomic E-state index is 0.106. The Morgan fingerprint density at radius 3 is 1.33 bits per heavy atom. The molecule has 0 aliphatic heterocycles. The third-order valence-corrected chi connectivity index (χ3v) is 6.21. The summed E-state index contributed by atoms with van der Waals surface area (Å²) in [5.41, 5.74) is 0. The quantitative estimate of drug-likeness (QED) is 0.0692. The van der Waals surface area contributed by atoms with Crippen LogP contribution in [0.15, 0.2) is 0 Å². The first-order chi connectivity index (χ1) is 18.7. The molecule has 0 saturated heterocycles. The number of hydrogen-bond acceptors (Lipinski definition) is 9. The van der Waals surface area contributed by atoms with Gasteiger partial charge in [-0.15, -0.1) is 0 Å². The summed E-state index contributed by atoms with van der Waals surface area (Å²) in [4.78, 5) is 45.7. The van der Waals surface area contributed by atoms with Crippen molar-refractivity contribution in [2.75, 3.05) is 26.4 Å². The van der Waals surface area contributed by atoms with Crippen LogP contribution in [0.4, 0.5) is 0 Å². The maximum absolute atomic E-state index is 12.2. The number of esters is 4. The molecule has 0 aromatic carbocycles. The number of ether oxygens (including phenoxy) is 5. The van der Waals surface area contributed by atoms with Crippen molar-refractivity contribution in [2.24, 2.45) is 0 Å². The van der Waals surface area contributed by atoms with Crippen LogP contribution in [-0.2, 0) is 42.9 Å². The van der Waals surface area contributed by atoms with Gasteiger partial charge in [0.05, 0.1) is 6.61 Å². The molecular formula is C30H54O9. The van der Waals surface area contributed by atoms with Gasteiger partial charge in [0.2, 0.25) is 0 Å². The van der Waals surface area contributed by atoms with E-state index in [1.54, 1.807) is 0 Å². The highest BCUT2D eigenvalue weighted by Crippen LogP contribution is 2.14. The third-order valence-electron chi connectivity index (χ3n) is 6.21. The maximum atomic E-state index is 12.2. The summed E-state index contributed by atoms with van der Waals surface area (Å²) in [6.07, 6.45) is 17.6. The molecule has 0 aromatic heterocycles. The molecule has 0 amide bonds. The monoisotopic (exact) mass is 558 g/mol. The lowest BCUT2D eigenvalue weighted by atomic mass is 10.0. The number of unbranched alkanes of at least 4 members (excludes halogenated alkanes) is 14. The fourth-order valence-electron chi connectivity index (χ4n) is 4.06. The molecular weight excluding hydrogens is 504 g/mol. The standard InChI is InChI=1S/C30H54O9/c1-5-6-7-8-9-10-11-12-13-14-15-16-17-18-19-20-30(34)38-22-28(21-35-25(2)31)37-24-29(39-27(4)33)23-36-26(3)32/h28-29H,5-24H2,1-4H3. The Bertz CT molecular complexity index is 650. The van der Waals surface area contributed by atoms with E-state index in [9.17, 15) is 19.2 Å². The summed E-state index contributed by atoms with van der Waals surface area (Å²) in [6.45, 7) is 5.48. The Balaban J connectivity index is 4.01. The van der Waals surface area contributed by atoms with E-state index in [2.05, 4.69) is 6.92 Å². The first-order valence-electron chi connectivity index (χ1n) is 15.0. The molecule has 0 rings (SSSR count). The molecule has 9 nitrogen and oxygen atoms in total. The summed E-state index contributed by atoms with van der Waals surface area (Å²) >= 11 is 0. The Hall–Kier alpha value is -2.16. The van der Waals surface area contributed by atoms with Crippen LogP contribution in [0.3, 0.4) is 0 Å². The second kappa shape index (κ2) is 26.1. The molecule has 0 bridgehead atoms. The number of carbonyl (C=O) groups is 4. The zero-order chi connectivity index (χ0) is 29.1. The minimum Gasteiger partial charge on any atom is -0.463 e. The molecule has 0 radical (unpaired) electrons. The van der Waals surface area contributed by atoms with Gasteiger partial charge < -0.3 is 23.7 Å². The predicted octanol–water partition coefficient (Wildman–Crippen LogP) is 6.23. The predicted molar refractivity (Wildman–Crippen MR) is 149 cm³/mol. The number of carbonyl (C=O) groups excluding carboxylic acids is 4. The lowest BCUT2D eigenvalue weighted by molar-refractivity contribution is -0.167. The van der Waals surface area contributed by atoms with Gasteiger partial charge in [-0.2, -0.15) is 0 Å². The zero-order valence-electron chi connectivity index (χ0n) is 25.0. The highest BCUT2D eigenvalue weighted by Gasteiger charge is 2.20. The number of rotatable bonds is 26. The van der Waals surface area contributed by atoms with Gasteiger partial charge in [-0.3, -0.25) is 19.2 Å². The lowest BCUT2D eigenvalue weighted by Gasteiger charge is -2.22. The molecule has 0 aliphatic carbocycles. The third kappa shape index (κ3) is 27.2. The Labute approximate surface area is 236 Å². The Morgan fingerprint density at radius 1 is 0.487 bits per heavy atom. The van der Waals surface area contributed by atoms with Gasteiger partial charge in [-0.1, -0.05) is 96.8 Å². The van der Waals surface area contributed by atoms with Gasteiger partial charge in [0.15, 0.2) is 6.10 Å². The van der Waals surface area contributed by atoms with Crippen LogP contribution >= 0.6 is 0 Å². The van der Waals surface area contributed by atoms with Gasteiger partial charge in [0.25, 0.3) is 0 Å². The topological polar surface area (TPSA) is 114 Å². The molecule has 0 N–H and O–H groups in total. The van der Waals surface area contributed by atoms with Gasteiger partial charge in [-0.05, 0) is 6.42 Å². The highest BCUT2D eigenvalue weighted by atomic mass is 16.6. The highest BCUT2D eigenvalue weighted by molar-refractivity contribution is 5.69. The first kappa shape index (κ1) is 36.8. The lowest BCUT2D eigenvalue weighted by Crippen LogP contribution is -2.34. The normalized spacial score (nSPS) is 12.4. The SMILES string of the molecule is CCCCCCCCCCCCCCCCCC(=O)OCC(COC(C)=O)OCC(COC(C)=O)OC(C)=O. The van der Waals surface area contributed by atoms with Crippen molar-refractivity contribution in [3.05, 3.63) is 0 Å². The van der Waals surface area contributed by atoms with E-state index in [-0.39, 0.29) is 32.4 Å². The molecule has 0 fully saturated rings. The average Bonchev–Trinajstić information content (AvgIpc) is 2.88. The molecule has 39 heavy (non-hydrogen) atoms. The Morgan fingerprint density at radius 2 is 0.897 bits per heavy atom. The summed E-state index contributed by atoms with van der Waals surface area (Å²) < 4.78 is 25.9. The molecule has 228 valence electrons. The van der Waals surface area contributed by atoms with E-state index in [1.807, 2.05) is 0 Å². The van der Waals surface area contributed by atoms with Gasteiger partial charge in [-0.25, -0.2) is 0 Å². The summed E-state index contributed by atoms with van der Waals surface area (Å²) in [7, 11) is 0. The molecule has 0 saturated carbocycles. The summed E-state index contributed by atoms with van der Waals surface area (Å²) in [6, 6.07) is 0. The van der Waals surface area contributed by atoms with Crippen molar-refractivity contribution in [3.63, 3.8) is 0 Å². The second-order valence-corrected chi connectivity index (χ2v) is 10.2. The van der Waals surface area contributed by atoms with Crippen molar-refractivity contribution >= 4 is 23.9 Å². The van der Waals surface area contributed by atoms with Crippen LogP contribution < -0.4 is 0 Å². The van der Waals surface area contributed by atoms with E-state index in [1.165, 1.54) is 97.8 Å². The molecule has 0 spiro atoms. The van der Waals surface area contributed by atoms with E-state index in [0.29, 0.717) is 6.42 Å². The van der Waals surface area contributed by atoms with Crippen molar-refractivity contribution in [1.82, 2.24) is 0 Å². The fourth-order valence-corrected chi connectivity index (χ4v) is 4.06. The van der Waals surface area contributed by atoms with Crippen LogP contribution in [-0.4, -0.2) is 62.5 Å². The van der Waals surface area contributed by atoms with Gasteiger partial charge in [0.1, 0.15) is 25.9 Å². The fraction of sp³-hybridized carbons (Fsp3) is 0.867. The van der Waals surface area contributed by atoms with E-state index < -0.39 is 30.1 Å². The average molecular weight is 559 g/mol. The van der Waals surface area contributed by atoms with Gasteiger partial charge in [0, 0.05) is 27.2 Å².